The summed E-state index contributed by atoms with van der Waals surface area (Å²) in [5.74, 6) is -0.845. The van der Waals surface area contributed by atoms with Gasteiger partial charge in [-0.25, -0.2) is 4.39 Å². The molecular weight excluding hydrogens is 641 g/mol. The van der Waals surface area contributed by atoms with Crippen molar-refractivity contribution in [1.29, 1.82) is 0 Å². The van der Waals surface area contributed by atoms with Crippen LogP contribution in [-0.4, -0.2) is 24.0 Å². The number of methoxy groups -OCH3 is 1. The normalized spacial score (nSPS) is 14.8. The highest BCUT2D eigenvalue weighted by molar-refractivity contribution is 14.1. The number of halogens is 4. The molecule has 0 atom stereocenters. The van der Waals surface area contributed by atoms with Gasteiger partial charge in [-0.05, 0) is 101 Å². The Morgan fingerprint density at radius 3 is 2.47 bits per heavy atom. The van der Waals surface area contributed by atoms with Crippen molar-refractivity contribution in [1.82, 2.24) is 5.32 Å². The summed E-state index contributed by atoms with van der Waals surface area (Å²) in [6.45, 7) is 0.217. The third-order valence-electron chi connectivity index (χ3n) is 5.12. The van der Waals surface area contributed by atoms with E-state index in [2.05, 4.69) is 27.9 Å². The van der Waals surface area contributed by atoms with Crippen LogP contribution in [0.15, 0.2) is 60.2 Å². The molecule has 1 fully saturated rings. The summed E-state index contributed by atoms with van der Waals surface area (Å²) in [4.78, 5) is 26.9. The quantitative estimate of drug-likeness (QED) is 0.149. The van der Waals surface area contributed by atoms with Crippen molar-refractivity contribution >= 4 is 86.7 Å². The Bertz CT molecular complexity index is 1420. The number of nitrogens with zero attached hydrogens (tertiary/aromatic N) is 1. The van der Waals surface area contributed by atoms with Crippen LogP contribution in [0.1, 0.15) is 11.1 Å². The average Bonchev–Trinajstić information content (AvgIpc) is 2.84. The molecule has 0 saturated carbocycles. The summed E-state index contributed by atoms with van der Waals surface area (Å²) in [5, 5.41) is 3.28. The number of benzene rings is 3. The zero-order valence-corrected chi connectivity index (χ0v) is 23.0. The predicted octanol–water partition coefficient (Wildman–Crippen LogP) is 6.16. The van der Waals surface area contributed by atoms with Crippen molar-refractivity contribution in [2.75, 3.05) is 12.0 Å². The van der Waals surface area contributed by atoms with Crippen LogP contribution in [0, 0.1) is 9.39 Å². The Hall–Kier alpha value is -2.73. The van der Waals surface area contributed by atoms with Crippen molar-refractivity contribution in [2.45, 2.75) is 6.61 Å². The zero-order valence-electron chi connectivity index (χ0n) is 18.5. The average molecular weight is 657 g/mol. The minimum atomic E-state index is -0.641. The van der Waals surface area contributed by atoms with Gasteiger partial charge < -0.3 is 9.47 Å². The molecule has 4 rings (SSSR count). The number of hydrogen-bond acceptors (Lipinski definition) is 5. The van der Waals surface area contributed by atoms with E-state index in [-0.39, 0.29) is 17.3 Å². The first-order valence-corrected chi connectivity index (χ1v) is 12.5. The van der Waals surface area contributed by atoms with Gasteiger partial charge in [0.05, 0.1) is 26.4 Å². The van der Waals surface area contributed by atoms with Gasteiger partial charge in [-0.2, -0.15) is 0 Å². The van der Waals surface area contributed by atoms with Gasteiger partial charge in [-0.1, -0.05) is 29.3 Å². The smallest absolute Gasteiger partial charge is 0.270 e. The molecule has 0 spiro atoms. The maximum Gasteiger partial charge on any atom is 0.270 e. The Labute approximate surface area is 235 Å². The molecule has 3 aromatic rings. The second kappa shape index (κ2) is 11.1. The lowest BCUT2D eigenvalue weighted by Crippen LogP contribution is -2.54. The van der Waals surface area contributed by atoms with Crippen LogP contribution < -0.4 is 19.7 Å². The Morgan fingerprint density at radius 2 is 1.81 bits per heavy atom. The first-order valence-electron chi connectivity index (χ1n) is 10.3. The fourth-order valence-electron chi connectivity index (χ4n) is 3.40. The van der Waals surface area contributed by atoms with E-state index in [1.165, 1.54) is 37.5 Å². The standard InChI is InChI=1S/C25H16Cl2FIN2O4S/c1-34-21-11-14(10-20(29)22(21)35-12-13-2-7-18(26)19(27)9-13)8-17-23(32)30-25(36)31(24(17)33)16-5-3-15(28)4-6-16/h2-11H,12H2,1H3,(H,30,32,36)/b17-8-. The maximum atomic E-state index is 13.3. The molecule has 3 aromatic carbocycles. The third-order valence-corrected chi connectivity index (χ3v) is 6.94. The number of ether oxygens (including phenoxy) is 2. The van der Waals surface area contributed by atoms with E-state index in [0.717, 1.165) is 10.5 Å². The number of hydrogen-bond donors (Lipinski definition) is 1. The molecule has 0 bridgehead atoms. The molecular formula is C25H16Cl2FIN2O4S. The van der Waals surface area contributed by atoms with Crippen molar-refractivity contribution < 1.29 is 23.5 Å². The maximum absolute atomic E-state index is 13.3. The lowest BCUT2D eigenvalue weighted by molar-refractivity contribution is -0.122. The van der Waals surface area contributed by atoms with Crippen LogP contribution in [-0.2, 0) is 16.2 Å². The number of rotatable bonds is 6. The number of carbonyl (C=O) groups excluding carboxylic acids is 2. The van der Waals surface area contributed by atoms with Crippen molar-refractivity contribution in [3.63, 3.8) is 0 Å². The van der Waals surface area contributed by atoms with E-state index in [4.69, 9.17) is 44.9 Å². The van der Waals surface area contributed by atoms with Crippen LogP contribution in [0.2, 0.25) is 10.0 Å². The first-order chi connectivity index (χ1) is 17.2. The molecule has 36 heavy (non-hydrogen) atoms. The number of thiocarbonyl (C=S) groups is 1. The highest BCUT2D eigenvalue weighted by atomic mass is 127. The number of carbonyl (C=O) groups is 2. The SMILES string of the molecule is COc1cc(/C=C2/C(=O)NC(=S)N(c3ccc(F)cc3)C2=O)cc(I)c1OCc1ccc(Cl)c(Cl)c1. The molecule has 0 aromatic heterocycles. The summed E-state index contributed by atoms with van der Waals surface area (Å²) in [5.41, 5.74) is 1.53. The number of amides is 2. The molecule has 0 aliphatic carbocycles. The molecule has 1 N–H and O–H groups in total. The van der Waals surface area contributed by atoms with E-state index in [1.54, 1.807) is 30.3 Å². The predicted molar refractivity (Wildman–Crippen MR) is 149 cm³/mol. The van der Waals surface area contributed by atoms with Crippen LogP contribution in [0.4, 0.5) is 10.1 Å². The van der Waals surface area contributed by atoms with Crippen LogP contribution >= 0.6 is 58.0 Å². The highest BCUT2D eigenvalue weighted by Crippen LogP contribution is 2.36. The Morgan fingerprint density at radius 1 is 1.08 bits per heavy atom. The van der Waals surface area contributed by atoms with Crippen LogP contribution in [0.25, 0.3) is 6.08 Å². The van der Waals surface area contributed by atoms with Gasteiger partial charge in [-0.3, -0.25) is 19.8 Å². The van der Waals surface area contributed by atoms with E-state index in [1.807, 2.05) is 0 Å². The lowest BCUT2D eigenvalue weighted by Gasteiger charge is -2.29. The molecule has 1 saturated heterocycles. The van der Waals surface area contributed by atoms with Crippen LogP contribution in [0.5, 0.6) is 11.5 Å². The summed E-state index contributed by atoms with van der Waals surface area (Å²) < 4.78 is 25.5. The molecule has 0 unspecified atom stereocenters. The molecule has 2 amide bonds. The second-order valence-electron chi connectivity index (χ2n) is 7.51. The van der Waals surface area contributed by atoms with Gasteiger partial charge >= 0.3 is 0 Å². The summed E-state index contributed by atoms with van der Waals surface area (Å²) >= 11 is 19.3. The number of nitrogens with one attached hydrogen (secondary N) is 1. The molecule has 1 heterocycles. The van der Waals surface area contributed by atoms with Crippen molar-refractivity contribution in [3.8, 4) is 11.5 Å². The summed E-state index contributed by atoms with van der Waals surface area (Å²) in [6, 6.07) is 13.8. The minimum Gasteiger partial charge on any atom is -0.493 e. The fourth-order valence-corrected chi connectivity index (χ4v) is 4.78. The Balaban J connectivity index is 1.63. The van der Waals surface area contributed by atoms with Gasteiger partial charge in [0, 0.05) is 0 Å². The van der Waals surface area contributed by atoms with E-state index >= 15 is 0 Å². The molecule has 1 aliphatic rings. The molecule has 11 heteroatoms. The summed E-state index contributed by atoms with van der Waals surface area (Å²) in [6.07, 6.45) is 1.43. The largest absolute Gasteiger partial charge is 0.493 e. The van der Waals surface area contributed by atoms with Gasteiger partial charge in [0.25, 0.3) is 11.8 Å². The topological polar surface area (TPSA) is 67.9 Å². The van der Waals surface area contributed by atoms with Gasteiger partial charge in [0.15, 0.2) is 16.6 Å². The molecule has 0 radical (unpaired) electrons. The van der Waals surface area contributed by atoms with Crippen LogP contribution in [0.3, 0.4) is 0 Å². The highest BCUT2D eigenvalue weighted by Gasteiger charge is 2.34. The second-order valence-corrected chi connectivity index (χ2v) is 9.87. The monoisotopic (exact) mass is 656 g/mol. The molecule has 6 nitrogen and oxygen atoms in total. The minimum absolute atomic E-state index is 0.0908. The van der Waals surface area contributed by atoms with Crippen molar-refractivity contribution in [3.05, 3.63) is 90.7 Å². The fraction of sp³-hybridized carbons (Fsp3) is 0.0800. The van der Waals surface area contributed by atoms with Gasteiger partial charge in [0.1, 0.15) is 18.0 Å². The van der Waals surface area contributed by atoms with Gasteiger partial charge in [-0.15, -0.1) is 0 Å². The Kier molecular flexibility index (Phi) is 8.13. The molecule has 1 aliphatic heterocycles. The first kappa shape index (κ1) is 26.3. The van der Waals surface area contributed by atoms with E-state index in [0.29, 0.717) is 36.4 Å². The van der Waals surface area contributed by atoms with E-state index < -0.39 is 17.6 Å². The van der Waals surface area contributed by atoms with E-state index in [9.17, 15) is 14.0 Å². The summed E-state index contributed by atoms with van der Waals surface area (Å²) in [7, 11) is 1.49. The lowest BCUT2D eigenvalue weighted by atomic mass is 10.1. The van der Waals surface area contributed by atoms with Gasteiger partial charge in [0.2, 0.25) is 0 Å². The molecule has 184 valence electrons. The third kappa shape index (κ3) is 5.64. The van der Waals surface area contributed by atoms with Crippen molar-refractivity contribution in [2.24, 2.45) is 0 Å². The number of anilines is 1. The zero-order chi connectivity index (χ0) is 26.0.